The summed E-state index contributed by atoms with van der Waals surface area (Å²) in [6.07, 6.45) is 5.10. The highest BCUT2D eigenvalue weighted by Gasteiger charge is 2.27. The summed E-state index contributed by atoms with van der Waals surface area (Å²) in [6, 6.07) is 23.8. The summed E-state index contributed by atoms with van der Waals surface area (Å²) >= 11 is 0. The van der Waals surface area contributed by atoms with Gasteiger partial charge < -0.3 is 4.90 Å². The smallest absolute Gasteiger partial charge is 0.227 e. The number of amides is 1. The van der Waals surface area contributed by atoms with Crippen molar-refractivity contribution >= 4 is 22.4 Å². The first kappa shape index (κ1) is 19.3. The van der Waals surface area contributed by atoms with Crippen LogP contribution in [0.3, 0.4) is 0 Å². The lowest BCUT2D eigenvalue weighted by Gasteiger charge is -2.34. The predicted molar refractivity (Wildman–Crippen MR) is 124 cm³/mol. The Kier molecular flexibility index (Phi) is 5.54. The monoisotopic (exact) mass is 398 g/mol. The zero-order valence-corrected chi connectivity index (χ0v) is 17.6. The average molecular weight is 399 g/mol. The standard InChI is InChI=1S/C27H30N2O/c30-27(29-15-5-9-24-7-3-4-10-26(24)29)19-21-13-16-28(17-14-21)20-22-11-12-23-6-1-2-8-25(23)18-22/h1-4,6-8,10-12,18,21H,5,9,13-17,19-20H2. The molecule has 0 atom stereocenters. The number of carbonyl (C=O) groups excluding carboxylic acids is 1. The molecule has 3 aromatic carbocycles. The number of piperidine rings is 1. The summed E-state index contributed by atoms with van der Waals surface area (Å²) in [5, 5.41) is 2.62. The van der Waals surface area contributed by atoms with Gasteiger partial charge in [0.05, 0.1) is 0 Å². The molecule has 30 heavy (non-hydrogen) atoms. The van der Waals surface area contributed by atoms with Crippen molar-refractivity contribution in [2.24, 2.45) is 5.92 Å². The first-order valence-corrected chi connectivity index (χ1v) is 11.3. The Hall–Kier alpha value is -2.65. The molecule has 0 bridgehead atoms. The number of para-hydroxylation sites is 1. The molecule has 0 unspecified atom stereocenters. The molecule has 0 spiro atoms. The first-order valence-electron chi connectivity index (χ1n) is 11.3. The fraction of sp³-hybridized carbons (Fsp3) is 0.370. The molecule has 1 saturated heterocycles. The third-order valence-electron chi connectivity index (χ3n) is 6.80. The van der Waals surface area contributed by atoms with Gasteiger partial charge in [-0.3, -0.25) is 9.69 Å². The quantitative estimate of drug-likeness (QED) is 0.586. The van der Waals surface area contributed by atoms with Crippen LogP contribution in [-0.2, 0) is 17.8 Å². The lowest BCUT2D eigenvalue weighted by atomic mass is 9.92. The van der Waals surface area contributed by atoms with E-state index in [0.717, 1.165) is 57.5 Å². The SMILES string of the molecule is O=C(CC1CCN(Cc2ccc3ccccc3c2)CC1)N1CCCc2ccccc21. The Bertz CT molecular complexity index is 1040. The topological polar surface area (TPSA) is 23.6 Å². The van der Waals surface area contributed by atoms with E-state index in [0.29, 0.717) is 18.2 Å². The van der Waals surface area contributed by atoms with Crippen LogP contribution in [-0.4, -0.2) is 30.4 Å². The zero-order chi connectivity index (χ0) is 20.3. The number of rotatable bonds is 4. The predicted octanol–water partition coefficient (Wildman–Crippen LogP) is 5.42. The fourth-order valence-electron chi connectivity index (χ4n) is 5.09. The molecule has 154 valence electrons. The van der Waals surface area contributed by atoms with Crippen molar-refractivity contribution in [1.82, 2.24) is 4.90 Å². The molecule has 5 rings (SSSR count). The number of nitrogens with zero attached hydrogens (tertiary/aromatic N) is 2. The summed E-state index contributed by atoms with van der Waals surface area (Å²) in [5.41, 5.74) is 3.85. The van der Waals surface area contributed by atoms with Crippen molar-refractivity contribution in [2.75, 3.05) is 24.5 Å². The van der Waals surface area contributed by atoms with E-state index in [4.69, 9.17) is 0 Å². The van der Waals surface area contributed by atoms with Gasteiger partial charge in [0.2, 0.25) is 5.91 Å². The second-order valence-corrected chi connectivity index (χ2v) is 8.88. The van der Waals surface area contributed by atoms with Crippen LogP contribution < -0.4 is 4.90 Å². The van der Waals surface area contributed by atoms with Crippen LogP contribution in [0.1, 0.15) is 36.8 Å². The molecule has 0 saturated carbocycles. The van der Waals surface area contributed by atoms with Crippen molar-refractivity contribution in [3.05, 3.63) is 77.9 Å². The Morgan fingerprint density at radius 2 is 1.63 bits per heavy atom. The van der Waals surface area contributed by atoms with Crippen LogP contribution in [0, 0.1) is 5.92 Å². The fourth-order valence-corrected chi connectivity index (χ4v) is 5.09. The van der Waals surface area contributed by atoms with Gasteiger partial charge in [0.25, 0.3) is 0 Å². The highest BCUT2D eigenvalue weighted by Crippen LogP contribution is 2.30. The van der Waals surface area contributed by atoms with E-state index in [2.05, 4.69) is 71.6 Å². The lowest BCUT2D eigenvalue weighted by Crippen LogP contribution is -2.39. The van der Waals surface area contributed by atoms with Crippen LogP contribution in [0.5, 0.6) is 0 Å². The molecule has 1 fully saturated rings. The molecule has 0 aromatic heterocycles. The zero-order valence-electron chi connectivity index (χ0n) is 17.6. The highest BCUT2D eigenvalue weighted by molar-refractivity contribution is 5.94. The van der Waals surface area contributed by atoms with Gasteiger partial charge in [0, 0.05) is 25.2 Å². The van der Waals surface area contributed by atoms with Gasteiger partial charge in [-0.25, -0.2) is 0 Å². The van der Waals surface area contributed by atoms with E-state index in [1.807, 2.05) is 4.90 Å². The van der Waals surface area contributed by atoms with E-state index in [9.17, 15) is 4.79 Å². The van der Waals surface area contributed by atoms with Gasteiger partial charge in [0.1, 0.15) is 0 Å². The second kappa shape index (κ2) is 8.61. The average Bonchev–Trinajstić information content (AvgIpc) is 2.80. The van der Waals surface area contributed by atoms with E-state index >= 15 is 0 Å². The summed E-state index contributed by atoms with van der Waals surface area (Å²) in [4.78, 5) is 17.6. The highest BCUT2D eigenvalue weighted by atomic mass is 16.2. The molecule has 0 radical (unpaired) electrons. The molecule has 0 N–H and O–H groups in total. The second-order valence-electron chi connectivity index (χ2n) is 8.88. The number of hydrogen-bond donors (Lipinski definition) is 0. The Balaban J connectivity index is 1.16. The van der Waals surface area contributed by atoms with Crippen molar-refractivity contribution < 1.29 is 4.79 Å². The molecular formula is C27H30N2O. The molecule has 0 aliphatic carbocycles. The number of anilines is 1. The largest absolute Gasteiger partial charge is 0.312 e. The minimum Gasteiger partial charge on any atom is -0.312 e. The van der Waals surface area contributed by atoms with Crippen LogP contribution >= 0.6 is 0 Å². The maximum Gasteiger partial charge on any atom is 0.227 e. The minimum absolute atomic E-state index is 0.315. The maximum atomic E-state index is 13.0. The summed E-state index contributed by atoms with van der Waals surface area (Å²) in [5.74, 6) is 0.828. The maximum absolute atomic E-state index is 13.0. The molecule has 3 heteroatoms. The van der Waals surface area contributed by atoms with Gasteiger partial charge in [-0.05, 0) is 78.7 Å². The molecular weight excluding hydrogens is 368 g/mol. The van der Waals surface area contributed by atoms with Crippen molar-refractivity contribution in [1.29, 1.82) is 0 Å². The van der Waals surface area contributed by atoms with Crippen LogP contribution in [0.2, 0.25) is 0 Å². The molecule has 3 nitrogen and oxygen atoms in total. The number of likely N-dealkylation sites (tertiary alicyclic amines) is 1. The van der Waals surface area contributed by atoms with Gasteiger partial charge >= 0.3 is 0 Å². The van der Waals surface area contributed by atoms with E-state index in [1.165, 1.54) is 21.9 Å². The van der Waals surface area contributed by atoms with E-state index < -0.39 is 0 Å². The number of aryl methyl sites for hydroxylation is 1. The summed E-state index contributed by atoms with van der Waals surface area (Å²) in [7, 11) is 0. The van der Waals surface area contributed by atoms with Crippen LogP contribution in [0.15, 0.2) is 66.7 Å². The van der Waals surface area contributed by atoms with Crippen LogP contribution in [0.4, 0.5) is 5.69 Å². The molecule has 2 heterocycles. The third-order valence-corrected chi connectivity index (χ3v) is 6.80. The summed E-state index contributed by atoms with van der Waals surface area (Å²) in [6.45, 7) is 4.05. The van der Waals surface area contributed by atoms with Gasteiger partial charge in [-0.1, -0.05) is 54.6 Å². The number of fused-ring (bicyclic) bond motifs is 2. The molecule has 2 aliphatic rings. The Morgan fingerprint density at radius 3 is 2.50 bits per heavy atom. The van der Waals surface area contributed by atoms with Crippen molar-refractivity contribution in [3.63, 3.8) is 0 Å². The number of carbonyl (C=O) groups is 1. The van der Waals surface area contributed by atoms with Gasteiger partial charge in [-0.2, -0.15) is 0 Å². The van der Waals surface area contributed by atoms with E-state index in [-0.39, 0.29) is 0 Å². The van der Waals surface area contributed by atoms with Crippen molar-refractivity contribution in [3.8, 4) is 0 Å². The molecule has 1 amide bonds. The van der Waals surface area contributed by atoms with Gasteiger partial charge in [-0.15, -0.1) is 0 Å². The van der Waals surface area contributed by atoms with Gasteiger partial charge in [0.15, 0.2) is 0 Å². The summed E-state index contributed by atoms with van der Waals surface area (Å²) < 4.78 is 0. The normalized spacial score (nSPS) is 17.8. The third kappa shape index (κ3) is 4.13. The van der Waals surface area contributed by atoms with Crippen molar-refractivity contribution in [2.45, 2.75) is 38.6 Å². The molecule has 2 aliphatic heterocycles. The Morgan fingerprint density at radius 1 is 0.867 bits per heavy atom. The van der Waals surface area contributed by atoms with E-state index in [1.54, 1.807) is 0 Å². The molecule has 3 aromatic rings. The minimum atomic E-state index is 0.315. The number of hydrogen-bond acceptors (Lipinski definition) is 2. The lowest BCUT2D eigenvalue weighted by molar-refractivity contribution is -0.120. The van der Waals surface area contributed by atoms with Crippen LogP contribution in [0.25, 0.3) is 10.8 Å². The Labute approximate surface area is 179 Å². The number of benzene rings is 3. The first-order chi connectivity index (χ1) is 14.8.